The third-order valence-electron chi connectivity index (χ3n) is 3.20. The molecule has 1 aliphatic heterocycles. The Hall–Kier alpha value is -1.14. The number of hydrogen-bond acceptors (Lipinski definition) is 5. The number of aliphatic carboxylic acids is 1. The normalized spacial score (nSPS) is 23.2. The van der Waals surface area contributed by atoms with Crippen LogP contribution in [0.25, 0.3) is 0 Å². The fourth-order valence-electron chi connectivity index (χ4n) is 2.00. The SMILES string of the molecule is CC1OCCC1CNc1nc(CCC(=O)O)cs1. The zero-order valence-corrected chi connectivity index (χ0v) is 11.2. The van der Waals surface area contributed by atoms with Gasteiger partial charge in [-0.15, -0.1) is 11.3 Å². The van der Waals surface area contributed by atoms with E-state index in [9.17, 15) is 4.79 Å². The summed E-state index contributed by atoms with van der Waals surface area (Å²) in [6.07, 6.45) is 2.03. The lowest BCUT2D eigenvalue weighted by molar-refractivity contribution is -0.136. The molecule has 2 rings (SSSR count). The van der Waals surface area contributed by atoms with Crippen molar-refractivity contribution in [2.45, 2.75) is 32.3 Å². The first-order chi connectivity index (χ1) is 8.65. The molecule has 2 N–H and O–H groups in total. The van der Waals surface area contributed by atoms with E-state index in [0.29, 0.717) is 18.4 Å². The van der Waals surface area contributed by atoms with E-state index in [2.05, 4.69) is 17.2 Å². The Balaban J connectivity index is 1.77. The van der Waals surface area contributed by atoms with Crippen LogP contribution in [0.15, 0.2) is 5.38 Å². The number of carbonyl (C=O) groups is 1. The van der Waals surface area contributed by atoms with E-state index in [1.807, 2.05) is 5.38 Å². The van der Waals surface area contributed by atoms with Gasteiger partial charge < -0.3 is 15.2 Å². The first kappa shape index (κ1) is 13.3. The molecule has 1 aliphatic rings. The first-order valence-electron chi connectivity index (χ1n) is 6.17. The maximum Gasteiger partial charge on any atom is 0.303 e. The maximum absolute atomic E-state index is 10.5. The third-order valence-corrected chi connectivity index (χ3v) is 4.04. The molecule has 0 saturated carbocycles. The Bertz CT molecular complexity index is 408. The predicted octanol–water partition coefficient (Wildman–Crippen LogP) is 2.00. The summed E-state index contributed by atoms with van der Waals surface area (Å²) in [6, 6.07) is 0. The van der Waals surface area contributed by atoms with Gasteiger partial charge in [0.2, 0.25) is 0 Å². The molecule has 6 heteroatoms. The largest absolute Gasteiger partial charge is 0.481 e. The number of carboxylic acid groups (broad SMARTS) is 1. The van der Waals surface area contributed by atoms with E-state index in [0.717, 1.165) is 30.4 Å². The average Bonchev–Trinajstić information content (AvgIpc) is 2.93. The highest BCUT2D eigenvalue weighted by Crippen LogP contribution is 2.22. The van der Waals surface area contributed by atoms with E-state index in [4.69, 9.17) is 9.84 Å². The fraction of sp³-hybridized carbons (Fsp3) is 0.667. The summed E-state index contributed by atoms with van der Waals surface area (Å²) < 4.78 is 5.50. The van der Waals surface area contributed by atoms with E-state index < -0.39 is 5.97 Å². The van der Waals surface area contributed by atoms with Gasteiger partial charge in [0, 0.05) is 30.9 Å². The summed E-state index contributed by atoms with van der Waals surface area (Å²) in [7, 11) is 0. The number of carboxylic acids is 1. The van der Waals surface area contributed by atoms with Crippen molar-refractivity contribution in [2.24, 2.45) is 5.92 Å². The molecule has 100 valence electrons. The molecular formula is C12H18N2O3S. The molecule has 2 atom stereocenters. The van der Waals surface area contributed by atoms with Crippen LogP contribution in [-0.4, -0.2) is 35.3 Å². The second kappa shape index (κ2) is 6.15. The van der Waals surface area contributed by atoms with Gasteiger partial charge in [0.15, 0.2) is 5.13 Å². The zero-order valence-electron chi connectivity index (χ0n) is 10.4. The van der Waals surface area contributed by atoms with Crippen molar-refractivity contribution in [3.63, 3.8) is 0 Å². The minimum Gasteiger partial charge on any atom is -0.481 e. The molecule has 18 heavy (non-hydrogen) atoms. The summed E-state index contributed by atoms with van der Waals surface area (Å²) in [5.74, 6) is -0.245. The number of nitrogens with one attached hydrogen (secondary N) is 1. The van der Waals surface area contributed by atoms with E-state index in [-0.39, 0.29) is 6.42 Å². The Labute approximate surface area is 110 Å². The van der Waals surface area contributed by atoms with Gasteiger partial charge in [0.25, 0.3) is 0 Å². The lowest BCUT2D eigenvalue weighted by Gasteiger charge is -2.13. The van der Waals surface area contributed by atoms with Crippen LogP contribution in [0.4, 0.5) is 5.13 Å². The van der Waals surface area contributed by atoms with Gasteiger partial charge in [-0.2, -0.15) is 0 Å². The van der Waals surface area contributed by atoms with E-state index in [1.54, 1.807) is 0 Å². The topological polar surface area (TPSA) is 71.5 Å². The summed E-state index contributed by atoms with van der Waals surface area (Å²) in [4.78, 5) is 14.8. The van der Waals surface area contributed by atoms with Crippen LogP contribution >= 0.6 is 11.3 Å². The highest BCUT2D eigenvalue weighted by molar-refractivity contribution is 7.13. The smallest absolute Gasteiger partial charge is 0.303 e. The third kappa shape index (κ3) is 3.68. The van der Waals surface area contributed by atoms with Crippen molar-refractivity contribution in [1.82, 2.24) is 4.98 Å². The van der Waals surface area contributed by atoms with Crippen molar-refractivity contribution in [3.8, 4) is 0 Å². The molecule has 0 spiro atoms. The minimum atomic E-state index is -0.783. The summed E-state index contributed by atoms with van der Waals surface area (Å²) in [5.41, 5.74) is 0.848. The van der Waals surface area contributed by atoms with Crippen molar-refractivity contribution in [2.75, 3.05) is 18.5 Å². The van der Waals surface area contributed by atoms with Gasteiger partial charge in [0.05, 0.1) is 18.2 Å². The summed E-state index contributed by atoms with van der Waals surface area (Å²) in [6.45, 7) is 3.81. The van der Waals surface area contributed by atoms with Crippen LogP contribution in [0.5, 0.6) is 0 Å². The lowest BCUT2D eigenvalue weighted by Crippen LogP contribution is -2.20. The molecule has 1 saturated heterocycles. The Morgan fingerprint density at radius 3 is 3.22 bits per heavy atom. The van der Waals surface area contributed by atoms with Crippen LogP contribution in [0, 0.1) is 5.92 Å². The van der Waals surface area contributed by atoms with Crippen LogP contribution in [0.3, 0.4) is 0 Å². The fourth-order valence-corrected chi connectivity index (χ4v) is 2.76. The number of thiazole rings is 1. The number of anilines is 1. The number of aromatic nitrogens is 1. The zero-order chi connectivity index (χ0) is 13.0. The summed E-state index contributed by atoms with van der Waals surface area (Å²) in [5, 5.41) is 14.7. The number of ether oxygens (including phenoxy) is 1. The molecule has 1 aromatic rings. The van der Waals surface area contributed by atoms with Crippen LogP contribution in [-0.2, 0) is 16.0 Å². The second-order valence-corrected chi connectivity index (χ2v) is 5.40. The number of aryl methyl sites for hydroxylation is 1. The first-order valence-corrected chi connectivity index (χ1v) is 7.05. The highest BCUT2D eigenvalue weighted by atomic mass is 32.1. The molecule has 0 radical (unpaired) electrons. The van der Waals surface area contributed by atoms with Crippen molar-refractivity contribution in [3.05, 3.63) is 11.1 Å². The Morgan fingerprint density at radius 2 is 2.56 bits per heavy atom. The molecular weight excluding hydrogens is 252 g/mol. The lowest BCUT2D eigenvalue weighted by atomic mass is 10.0. The van der Waals surface area contributed by atoms with Crippen molar-refractivity contribution >= 4 is 22.4 Å². The van der Waals surface area contributed by atoms with Gasteiger partial charge >= 0.3 is 5.97 Å². The van der Waals surface area contributed by atoms with Crippen molar-refractivity contribution < 1.29 is 14.6 Å². The minimum absolute atomic E-state index is 0.136. The quantitative estimate of drug-likeness (QED) is 0.827. The predicted molar refractivity (Wildman–Crippen MR) is 70.1 cm³/mol. The Kier molecular flexibility index (Phi) is 4.54. The molecule has 0 aromatic carbocycles. The number of rotatable bonds is 6. The van der Waals surface area contributed by atoms with Crippen LogP contribution < -0.4 is 5.32 Å². The summed E-state index contributed by atoms with van der Waals surface area (Å²) >= 11 is 1.53. The van der Waals surface area contributed by atoms with Crippen molar-refractivity contribution in [1.29, 1.82) is 0 Å². The average molecular weight is 270 g/mol. The van der Waals surface area contributed by atoms with Gasteiger partial charge in [-0.05, 0) is 13.3 Å². The Morgan fingerprint density at radius 1 is 1.72 bits per heavy atom. The molecule has 5 nitrogen and oxygen atoms in total. The standard InChI is InChI=1S/C12H18N2O3S/c1-8-9(4-5-17-8)6-13-12-14-10(7-18-12)2-3-11(15)16/h7-9H,2-6H2,1H3,(H,13,14)(H,15,16). The second-order valence-electron chi connectivity index (χ2n) is 4.54. The van der Waals surface area contributed by atoms with Gasteiger partial charge in [-0.25, -0.2) is 4.98 Å². The van der Waals surface area contributed by atoms with Crippen LogP contribution in [0.1, 0.15) is 25.5 Å². The molecule has 0 amide bonds. The van der Waals surface area contributed by atoms with Crippen LogP contribution in [0.2, 0.25) is 0 Å². The number of hydrogen-bond donors (Lipinski definition) is 2. The maximum atomic E-state index is 10.5. The molecule has 0 aliphatic carbocycles. The molecule has 1 fully saturated rings. The monoisotopic (exact) mass is 270 g/mol. The van der Waals surface area contributed by atoms with Gasteiger partial charge in [-0.3, -0.25) is 4.79 Å². The molecule has 0 bridgehead atoms. The van der Waals surface area contributed by atoms with Gasteiger partial charge in [-0.1, -0.05) is 0 Å². The van der Waals surface area contributed by atoms with E-state index in [1.165, 1.54) is 11.3 Å². The number of nitrogens with zero attached hydrogens (tertiary/aromatic N) is 1. The van der Waals surface area contributed by atoms with E-state index >= 15 is 0 Å². The molecule has 1 aromatic heterocycles. The molecule has 2 heterocycles. The highest BCUT2D eigenvalue weighted by Gasteiger charge is 2.23. The molecule has 2 unspecified atom stereocenters. The van der Waals surface area contributed by atoms with Gasteiger partial charge in [0.1, 0.15) is 0 Å².